The van der Waals surface area contributed by atoms with Crippen LogP contribution in [0.3, 0.4) is 0 Å². The average molecular weight is 263 g/mol. The van der Waals surface area contributed by atoms with Crippen molar-refractivity contribution in [2.24, 2.45) is 0 Å². The van der Waals surface area contributed by atoms with Gasteiger partial charge in [-0.25, -0.2) is 0 Å². The molecule has 1 amide bonds. The van der Waals surface area contributed by atoms with Crippen LogP contribution in [0.1, 0.15) is 25.8 Å². The number of piperazine rings is 1. The summed E-state index contributed by atoms with van der Waals surface area (Å²) in [4.78, 5) is 20.2. The van der Waals surface area contributed by atoms with E-state index in [1.807, 2.05) is 37.1 Å². The number of carbonyl (C=O) groups is 1. The number of aryl methyl sites for hydroxylation is 1. The molecule has 19 heavy (non-hydrogen) atoms. The number of rotatable bonds is 3. The van der Waals surface area contributed by atoms with Crippen LogP contribution in [-0.4, -0.2) is 53.9 Å². The summed E-state index contributed by atoms with van der Waals surface area (Å²) < 4.78 is 0. The fourth-order valence-corrected chi connectivity index (χ4v) is 2.01. The lowest BCUT2D eigenvalue weighted by molar-refractivity contribution is -0.132. The van der Waals surface area contributed by atoms with Crippen molar-refractivity contribution in [2.45, 2.75) is 26.7 Å². The highest BCUT2D eigenvalue weighted by Crippen LogP contribution is 2.06. The van der Waals surface area contributed by atoms with E-state index in [0.717, 1.165) is 38.2 Å². The van der Waals surface area contributed by atoms with Crippen LogP contribution in [0.5, 0.6) is 0 Å². The fraction of sp³-hybridized carbons (Fsp3) is 0.600. The Morgan fingerprint density at radius 3 is 2.53 bits per heavy atom. The molecular formula is C15H25N3O. The molecule has 1 fully saturated rings. The fourth-order valence-electron chi connectivity index (χ4n) is 2.01. The van der Waals surface area contributed by atoms with Crippen LogP contribution in [-0.2, 0) is 11.2 Å². The van der Waals surface area contributed by atoms with E-state index in [9.17, 15) is 4.79 Å². The first-order valence-electron chi connectivity index (χ1n) is 7.11. The minimum absolute atomic E-state index is 0.266. The van der Waals surface area contributed by atoms with Gasteiger partial charge in [0.15, 0.2) is 0 Å². The molecule has 4 nitrogen and oxygen atoms in total. The molecule has 1 saturated heterocycles. The van der Waals surface area contributed by atoms with Gasteiger partial charge in [0.05, 0.1) is 0 Å². The topological polar surface area (TPSA) is 36.4 Å². The zero-order chi connectivity index (χ0) is 14.1. The SMILES string of the molecule is CC.CN1CCN(C(=O)CCc2cccnc2)CC1. The Morgan fingerprint density at radius 2 is 1.95 bits per heavy atom. The van der Waals surface area contributed by atoms with E-state index < -0.39 is 0 Å². The molecule has 2 heterocycles. The second kappa shape index (κ2) is 8.64. The van der Waals surface area contributed by atoms with Crippen molar-refractivity contribution in [3.05, 3.63) is 30.1 Å². The largest absolute Gasteiger partial charge is 0.340 e. The first kappa shape index (κ1) is 15.6. The average Bonchev–Trinajstić information content (AvgIpc) is 2.49. The van der Waals surface area contributed by atoms with E-state index >= 15 is 0 Å². The lowest BCUT2D eigenvalue weighted by Gasteiger charge is -2.32. The molecule has 1 aliphatic rings. The summed E-state index contributed by atoms with van der Waals surface area (Å²) in [5.41, 5.74) is 1.13. The number of aromatic nitrogens is 1. The predicted octanol–water partition coefficient (Wildman–Crippen LogP) is 1.81. The van der Waals surface area contributed by atoms with Gasteiger partial charge in [0.25, 0.3) is 0 Å². The number of carbonyl (C=O) groups excluding carboxylic acids is 1. The minimum Gasteiger partial charge on any atom is -0.340 e. The van der Waals surface area contributed by atoms with E-state index in [0.29, 0.717) is 6.42 Å². The van der Waals surface area contributed by atoms with Crippen LogP contribution in [0.15, 0.2) is 24.5 Å². The van der Waals surface area contributed by atoms with E-state index in [-0.39, 0.29) is 5.91 Å². The summed E-state index contributed by atoms with van der Waals surface area (Å²) in [5, 5.41) is 0. The van der Waals surface area contributed by atoms with Gasteiger partial charge in [-0.3, -0.25) is 9.78 Å². The van der Waals surface area contributed by atoms with Crippen molar-refractivity contribution in [3.63, 3.8) is 0 Å². The Morgan fingerprint density at radius 1 is 1.26 bits per heavy atom. The molecule has 0 radical (unpaired) electrons. The molecular weight excluding hydrogens is 238 g/mol. The molecule has 4 heteroatoms. The smallest absolute Gasteiger partial charge is 0.222 e. The summed E-state index contributed by atoms with van der Waals surface area (Å²) in [6.07, 6.45) is 4.97. The number of nitrogens with zero attached hydrogens (tertiary/aromatic N) is 3. The molecule has 2 rings (SSSR count). The highest BCUT2D eigenvalue weighted by atomic mass is 16.2. The van der Waals surface area contributed by atoms with Crippen LogP contribution in [0.2, 0.25) is 0 Å². The molecule has 0 atom stereocenters. The summed E-state index contributed by atoms with van der Waals surface area (Å²) in [5.74, 6) is 0.266. The summed E-state index contributed by atoms with van der Waals surface area (Å²) in [6.45, 7) is 7.70. The lowest BCUT2D eigenvalue weighted by atomic mass is 10.1. The van der Waals surface area contributed by atoms with Crippen molar-refractivity contribution < 1.29 is 4.79 Å². The minimum atomic E-state index is 0.266. The molecule has 0 saturated carbocycles. The summed E-state index contributed by atoms with van der Waals surface area (Å²) in [6, 6.07) is 3.93. The van der Waals surface area contributed by atoms with Crippen LogP contribution in [0.25, 0.3) is 0 Å². The Balaban J connectivity index is 0.000000861. The first-order valence-corrected chi connectivity index (χ1v) is 7.11. The zero-order valence-corrected chi connectivity index (χ0v) is 12.3. The number of amides is 1. The molecule has 1 aromatic rings. The highest BCUT2D eigenvalue weighted by molar-refractivity contribution is 5.76. The maximum atomic E-state index is 12.0. The number of pyridine rings is 1. The van der Waals surface area contributed by atoms with E-state index in [1.165, 1.54) is 0 Å². The zero-order valence-electron chi connectivity index (χ0n) is 12.3. The van der Waals surface area contributed by atoms with Crippen molar-refractivity contribution in [1.82, 2.24) is 14.8 Å². The predicted molar refractivity (Wildman–Crippen MR) is 78.0 cm³/mol. The summed E-state index contributed by atoms with van der Waals surface area (Å²) in [7, 11) is 2.09. The van der Waals surface area contributed by atoms with Crippen LogP contribution >= 0.6 is 0 Å². The molecule has 0 spiro atoms. The monoisotopic (exact) mass is 263 g/mol. The van der Waals surface area contributed by atoms with Crippen molar-refractivity contribution in [3.8, 4) is 0 Å². The third-order valence-corrected chi connectivity index (χ3v) is 3.21. The molecule has 0 unspecified atom stereocenters. The van der Waals surface area contributed by atoms with Gasteiger partial charge in [-0.15, -0.1) is 0 Å². The standard InChI is InChI=1S/C13H19N3O.C2H6/c1-15-7-9-16(10-8-15)13(17)5-4-12-3-2-6-14-11-12;1-2/h2-3,6,11H,4-5,7-10H2,1H3;1-2H3. The van der Waals surface area contributed by atoms with Gasteiger partial charge in [0.2, 0.25) is 5.91 Å². The van der Waals surface area contributed by atoms with Gasteiger partial charge in [-0.2, -0.15) is 0 Å². The van der Waals surface area contributed by atoms with Gasteiger partial charge in [-0.05, 0) is 25.1 Å². The number of likely N-dealkylation sites (N-methyl/N-ethyl adjacent to an activating group) is 1. The van der Waals surface area contributed by atoms with Crippen molar-refractivity contribution in [2.75, 3.05) is 33.2 Å². The van der Waals surface area contributed by atoms with Crippen LogP contribution < -0.4 is 0 Å². The quantitative estimate of drug-likeness (QED) is 0.834. The van der Waals surface area contributed by atoms with Crippen molar-refractivity contribution in [1.29, 1.82) is 0 Å². The van der Waals surface area contributed by atoms with E-state index in [4.69, 9.17) is 0 Å². The van der Waals surface area contributed by atoms with Crippen LogP contribution in [0, 0.1) is 0 Å². The molecule has 1 aromatic heterocycles. The normalized spacial score (nSPS) is 15.6. The molecule has 0 bridgehead atoms. The van der Waals surface area contributed by atoms with Gasteiger partial charge in [0, 0.05) is 45.0 Å². The third kappa shape index (κ3) is 5.39. The molecule has 0 aromatic carbocycles. The van der Waals surface area contributed by atoms with Gasteiger partial charge in [0.1, 0.15) is 0 Å². The van der Waals surface area contributed by atoms with Crippen molar-refractivity contribution >= 4 is 5.91 Å². The Bertz CT molecular complexity index is 359. The number of hydrogen-bond donors (Lipinski definition) is 0. The summed E-state index contributed by atoms with van der Waals surface area (Å²) >= 11 is 0. The maximum absolute atomic E-state index is 12.0. The van der Waals surface area contributed by atoms with E-state index in [2.05, 4.69) is 16.9 Å². The first-order chi connectivity index (χ1) is 9.25. The van der Waals surface area contributed by atoms with Gasteiger partial charge in [-0.1, -0.05) is 19.9 Å². The third-order valence-electron chi connectivity index (χ3n) is 3.21. The molecule has 0 aliphatic carbocycles. The maximum Gasteiger partial charge on any atom is 0.222 e. The second-order valence-electron chi connectivity index (χ2n) is 4.55. The van der Waals surface area contributed by atoms with Gasteiger partial charge >= 0.3 is 0 Å². The Hall–Kier alpha value is -1.42. The number of hydrogen-bond acceptors (Lipinski definition) is 3. The van der Waals surface area contributed by atoms with Gasteiger partial charge < -0.3 is 9.80 Å². The molecule has 1 aliphatic heterocycles. The lowest BCUT2D eigenvalue weighted by Crippen LogP contribution is -2.47. The Kier molecular flexibility index (Phi) is 7.11. The second-order valence-corrected chi connectivity index (χ2v) is 4.55. The van der Waals surface area contributed by atoms with Crippen LogP contribution in [0.4, 0.5) is 0 Å². The Labute approximate surface area is 116 Å². The van der Waals surface area contributed by atoms with E-state index in [1.54, 1.807) is 6.20 Å². The highest BCUT2D eigenvalue weighted by Gasteiger charge is 2.18. The molecule has 0 N–H and O–H groups in total. The molecule has 106 valence electrons.